The maximum Gasteiger partial charge on any atom is 0.261 e. The summed E-state index contributed by atoms with van der Waals surface area (Å²) < 4.78 is 0. The summed E-state index contributed by atoms with van der Waals surface area (Å²) in [6.45, 7) is 3.43. The maximum absolute atomic E-state index is 11.5. The van der Waals surface area contributed by atoms with Crippen LogP contribution in [0.15, 0.2) is 17.5 Å². The van der Waals surface area contributed by atoms with Gasteiger partial charge in [-0.3, -0.25) is 4.79 Å². The van der Waals surface area contributed by atoms with Crippen molar-refractivity contribution in [2.24, 2.45) is 5.92 Å². The van der Waals surface area contributed by atoms with Crippen molar-refractivity contribution in [1.82, 2.24) is 5.32 Å². The van der Waals surface area contributed by atoms with E-state index < -0.39 is 12.0 Å². The molecule has 1 amide bonds. The highest BCUT2D eigenvalue weighted by molar-refractivity contribution is 7.12. The van der Waals surface area contributed by atoms with Gasteiger partial charge in [-0.05, 0) is 17.4 Å². The summed E-state index contributed by atoms with van der Waals surface area (Å²) in [7, 11) is 0. The first-order valence-corrected chi connectivity index (χ1v) is 5.45. The lowest BCUT2D eigenvalue weighted by atomic mass is 10.0. The predicted molar refractivity (Wildman–Crippen MR) is 55.4 cm³/mol. The van der Waals surface area contributed by atoms with Gasteiger partial charge < -0.3 is 15.2 Å². The zero-order chi connectivity index (χ0) is 11.4. The number of aliphatic carboxylic acids is 1. The summed E-state index contributed by atoms with van der Waals surface area (Å²) in [6.07, 6.45) is 0. The summed E-state index contributed by atoms with van der Waals surface area (Å²) in [5.41, 5.74) is 0. The highest BCUT2D eigenvalue weighted by Gasteiger charge is 2.18. The molecule has 0 unspecified atom stereocenters. The Morgan fingerprint density at radius 3 is 2.53 bits per heavy atom. The smallest absolute Gasteiger partial charge is 0.261 e. The molecule has 1 rings (SSSR count). The first-order valence-electron chi connectivity index (χ1n) is 4.57. The van der Waals surface area contributed by atoms with Crippen molar-refractivity contribution < 1.29 is 14.7 Å². The lowest BCUT2D eigenvalue weighted by molar-refractivity contribution is -0.309. The van der Waals surface area contributed by atoms with Gasteiger partial charge in [0.25, 0.3) is 5.91 Å². The molecule has 1 aromatic heterocycles. The monoisotopic (exact) mass is 226 g/mol. The Balaban J connectivity index is 2.67. The Morgan fingerprint density at radius 1 is 1.47 bits per heavy atom. The third-order valence-electron chi connectivity index (χ3n) is 1.95. The molecule has 0 saturated carbocycles. The standard InChI is InChI=1S/C10H13NO3S/c1-6(2)8(10(13)14)11-9(12)7-4-3-5-15-7/h3-6,8H,1-2H3,(H,11,12)(H,13,14)/p-1/t8-/m1/s1. The summed E-state index contributed by atoms with van der Waals surface area (Å²) in [6, 6.07) is 2.44. The quantitative estimate of drug-likeness (QED) is 0.800. The average Bonchev–Trinajstić information content (AvgIpc) is 2.65. The largest absolute Gasteiger partial charge is 0.548 e. The second kappa shape index (κ2) is 4.93. The summed E-state index contributed by atoms with van der Waals surface area (Å²) in [4.78, 5) is 22.8. The Hall–Kier alpha value is -1.36. The van der Waals surface area contributed by atoms with Crippen LogP contribution < -0.4 is 10.4 Å². The zero-order valence-corrected chi connectivity index (χ0v) is 9.34. The normalized spacial score (nSPS) is 12.5. The second-order valence-corrected chi connectivity index (χ2v) is 4.44. The Bertz CT molecular complexity index is 346. The molecule has 0 radical (unpaired) electrons. The van der Waals surface area contributed by atoms with Crippen molar-refractivity contribution >= 4 is 23.2 Å². The second-order valence-electron chi connectivity index (χ2n) is 3.49. The van der Waals surface area contributed by atoms with Crippen LogP contribution in [0.3, 0.4) is 0 Å². The van der Waals surface area contributed by atoms with E-state index in [0.29, 0.717) is 4.88 Å². The number of amides is 1. The first-order chi connectivity index (χ1) is 7.02. The van der Waals surface area contributed by atoms with Crippen molar-refractivity contribution in [3.05, 3.63) is 22.4 Å². The van der Waals surface area contributed by atoms with Crippen LogP contribution in [0.25, 0.3) is 0 Å². The van der Waals surface area contributed by atoms with Crippen molar-refractivity contribution in [3.8, 4) is 0 Å². The van der Waals surface area contributed by atoms with Crippen molar-refractivity contribution in [3.63, 3.8) is 0 Å². The topological polar surface area (TPSA) is 69.2 Å². The van der Waals surface area contributed by atoms with Crippen LogP contribution in [-0.4, -0.2) is 17.9 Å². The van der Waals surface area contributed by atoms with E-state index in [4.69, 9.17) is 0 Å². The minimum absolute atomic E-state index is 0.195. The van der Waals surface area contributed by atoms with Crippen molar-refractivity contribution in [1.29, 1.82) is 0 Å². The molecular weight excluding hydrogens is 214 g/mol. The molecule has 1 N–H and O–H groups in total. The molecule has 15 heavy (non-hydrogen) atoms. The maximum atomic E-state index is 11.5. The third kappa shape index (κ3) is 3.06. The van der Waals surface area contributed by atoms with Crippen LogP contribution in [-0.2, 0) is 4.79 Å². The molecule has 0 fully saturated rings. The molecule has 0 aliphatic rings. The van der Waals surface area contributed by atoms with Crippen molar-refractivity contribution in [2.75, 3.05) is 0 Å². The lowest BCUT2D eigenvalue weighted by Crippen LogP contribution is -2.50. The van der Waals surface area contributed by atoms with E-state index in [2.05, 4.69) is 5.32 Å². The molecular formula is C10H12NO3S-. The number of carboxylic acid groups (broad SMARTS) is 1. The SMILES string of the molecule is CC(C)[C@@H](NC(=O)c1cccs1)C(=O)[O-]. The van der Waals surface area contributed by atoms with Crippen molar-refractivity contribution in [2.45, 2.75) is 19.9 Å². The fraction of sp³-hybridized carbons (Fsp3) is 0.400. The van der Waals surface area contributed by atoms with Crippen LogP contribution in [0, 0.1) is 5.92 Å². The van der Waals surface area contributed by atoms with Gasteiger partial charge >= 0.3 is 0 Å². The van der Waals surface area contributed by atoms with Gasteiger partial charge in [0.1, 0.15) is 0 Å². The molecule has 0 bridgehead atoms. The van der Waals surface area contributed by atoms with Gasteiger partial charge in [0.15, 0.2) is 0 Å². The van der Waals surface area contributed by atoms with E-state index in [9.17, 15) is 14.7 Å². The van der Waals surface area contributed by atoms with E-state index in [1.807, 2.05) is 0 Å². The zero-order valence-electron chi connectivity index (χ0n) is 8.52. The minimum Gasteiger partial charge on any atom is -0.548 e. The predicted octanol–water partition coefficient (Wildman–Crippen LogP) is 0.252. The van der Waals surface area contributed by atoms with E-state index >= 15 is 0 Å². The van der Waals surface area contributed by atoms with E-state index in [1.54, 1.807) is 31.4 Å². The van der Waals surface area contributed by atoms with Crippen LogP contribution in [0.5, 0.6) is 0 Å². The molecule has 4 nitrogen and oxygen atoms in total. The lowest BCUT2D eigenvalue weighted by Gasteiger charge is -2.22. The van der Waals surface area contributed by atoms with Gasteiger partial charge in [0.2, 0.25) is 0 Å². The van der Waals surface area contributed by atoms with Crippen LogP contribution in [0.4, 0.5) is 0 Å². The number of hydrogen-bond acceptors (Lipinski definition) is 4. The van der Waals surface area contributed by atoms with Crippen LogP contribution >= 0.6 is 11.3 Å². The number of thiophene rings is 1. The molecule has 1 aromatic rings. The van der Waals surface area contributed by atoms with Gasteiger partial charge in [0, 0.05) is 0 Å². The first kappa shape index (κ1) is 11.7. The third-order valence-corrected chi connectivity index (χ3v) is 2.82. The fourth-order valence-electron chi connectivity index (χ4n) is 1.12. The summed E-state index contributed by atoms with van der Waals surface area (Å²) in [5.74, 6) is -1.82. The number of rotatable bonds is 4. The Morgan fingerprint density at radius 2 is 2.13 bits per heavy atom. The molecule has 0 saturated heterocycles. The molecule has 1 atom stereocenters. The van der Waals surface area contributed by atoms with E-state index in [1.165, 1.54) is 11.3 Å². The Labute approximate surface area is 91.9 Å². The number of nitrogens with one attached hydrogen (secondary N) is 1. The van der Waals surface area contributed by atoms with Gasteiger partial charge in [-0.15, -0.1) is 11.3 Å². The summed E-state index contributed by atoms with van der Waals surface area (Å²) >= 11 is 1.27. The number of carbonyl (C=O) groups is 2. The number of carbonyl (C=O) groups excluding carboxylic acids is 2. The molecule has 82 valence electrons. The molecule has 0 aliphatic carbocycles. The molecule has 0 spiro atoms. The number of hydrogen-bond donors (Lipinski definition) is 1. The molecule has 5 heteroatoms. The van der Waals surface area contributed by atoms with Gasteiger partial charge in [-0.25, -0.2) is 0 Å². The van der Waals surface area contributed by atoms with Gasteiger partial charge in [-0.2, -0.15) is 0 Å². The van der Waals surface area contributed by atoms with Crippen LogP contribution in [0.1, 0.15) is 23.5 Å². The fourth-order valence-corrected chi connectivity index (χ4v) is 1.74. The Kier molecular flexibility index (Phi) is 3.85. The average molecular weight is 226 g/mol. The van der Waals surface area contributed by atoms with Gasteiger partial charge in [0.05, 0.1) is 16.9 Å². The molecule has 0 aliphatic heterocycles. The highest BCUT2D eigenvalue weighted by Crippen LogP contribution is 2.09. The molecule has 1 heterocycles. The minimum atomic E-state index is -1.25. The highest BCUT2D eigenvalue weighted by atomic mass is 32.1. The molecule has 0 aromatic carbocycles. The summed E-state index contributed by atoms with van der Waals surface area (Å²) in [5, 5.41) is 14.9. The number of carboxylic acids is 1. The van der Waals surface area contributed by atoms with Gasteiger partial charge in [-0.1, -0.05) is 19.9 Å². The van der Waals surface area contributed by atoms with E-state index in [0.717, 1.165) is 0 Å². The van der Waals surface area contributed by atoms with E-state index in [-0.39, 0.29) is 11.8 Å². The van der Waals surface area contributed by atoms with Crippen LogP contribution in [0.2, 0.25) is 0 Å².